The Labute approximate surface area is 87.6 Å². The molecule has 0 saturated heterocycles. The maximum absolute atomic E-state index is 12.4. The highest BCUT2D eigenvalue weighted by molar-refractivity contribution is 6.33. The largest absolute Gasteiger partial charge is 0.417 e. The molecule has 0 atom stereocenters. The summed E-state index contributed by atoms with van der Waals surface area (Å²) in [6.45, 7) is 0. The molecule has 0 aromatic heterocycles. The summed E-state index contributed by atoms with van der Waals surface area (Å²) in [5, 5.41) is -0.180. The highest BCUT2D eigenvalue weighted by Gasteiger charge is 2.34. The quantitative estimate of drug-likeness (QED) is 0.740. The van der Waals surface area contributed by atoms with Gasteiger partial charge in [-0.05, 0) is 12.1 Å². The van der Waals surface area contributed by atoms with Gasteiger partial charge in [-0.3, -0.25) is 9.59 Å². The van der Waals surface area contributed by atoms with Gasteiger partial charge in [0, 0.05) is 11.1 Å². The third kappa shape index (κ3) is 2.18. The first-order valence-corrected chi connectivity index (χ1v) is 4.09. The van der Waals surface area contributed by atoms with Gasteiger partial charge in [-0.15, -0.1) is 0 Å². The fourth-order valence-electron chi connectivity index (χ4n) is 1.10. The second-order valence-corrected chi connectivity index (χ2v) is 3.06. The summed E-state index contributed by atoms with van der Waals surface area (Å²) in [7, 11) is 0. The Hall–Kier alpha value is -1.36. The molecule has 1 aromatic rings. The molecule has 0 aliphatic rings. The second-order valence-electron chi connectivity index (χ2n) is 2.66. The van der Waals surface area contributed by atoms with E-state index >= 15 is 0 Å². The zero-order valence-corrected chi connectivity index (χ0v) is 7.89. The van der Waals surface area contributed by atoms with Crippen molar-refractivity contribution in [2.24, 2.45) is 0 Å². The van der Waals surface area contributed by atoms with E-state index in [2.05, 4.69) is 0 Å². The van der Waals surface area contributed by atoms with Crippen LogP contribution in [0.25, 0.3) is 0 Å². The first-order valence-electron chi connectivity index (χ1n) is 3.72. The predicted octanol–water partition coefficient (Wildman–Crippen LogP) is 2.98. The van der Waals surface area contributed by atoms with Gasteiger partial charge in [-0.25, -0.2) is 0 Å². The van der Waals surface area contributed by atoms with Crippen LogP contribution in [0.15, 0.2) is 12.1 Å². The normalized spacial score (nSPS) is 11.2. The molecule has 0 N–H and O–H groups in total. The molecule has 0 aliphatic heterocycles. The van der Waals surface area contributed by atoms with Crippen molar-refractivity contribution >= 4 is 24.2 Å². The summed E-state index contributed by atoms with van der Waals surface area (Å²) in [6.07, 6.45) is -4.58. The van der Waals surface area contributed by atoms with Gasteiger partial charge in [0.1, 0.15) is 0 Å². The Kier molecular flexibility index (Phi) is 3.14. The van der Waals surface area contributed by atoms with E-state index in [0.717, 1.165) is 6.07 Å². The highest BCUT2D eigenvalue weighted by Crippen LogP contribution is 2.34. The molecule has 15 heavy (non-hydrogen) atoms. The molecule has 0 heterocycles. The fraction of sp³-hybridized carbons (Fsp3) is 0.111. The van der Waals surface area contributed by atoms with E-state index in [4.69, 9.17) is 11.6 Å². The number of carbonyl (C=O) groups excluding carboxylic acids is 2. The number of hydrogen-bond acceptors (Lipinski definition) is 2. The number of carbonyl (C=O) groups is 2. The Balaban J connectivity index is 3.56. The van der Waals surface area contributed by atoms with E-state index in [1.807, 2.05) is 0 Å². The van der Waals surface area contributed by atoms with Gasteiger partial charge in [0.25, 0.3) is 0 Å². The van der Waals surface area contributed by atoms with E-state index in [-0.39, 0.29) is 17.6 Å². The van der Waals surface area contributed by atoms with Gasteiger partial charge < -0.3 is 0 Å². The number of benzene rings is 1. The third-order valence-corrected chi connectivity index (χ3v) is 2.10. The summed E-state index contributed by atoms with van der Waals surface area (Å²) in [5.41, 5.74) is -2.34. The van der Waals surface area contributed by atoms with Gasteiger partial charge in [0.2, 0.25) is 0 Å². The molecule has 1 aromatic carbocycles. The van der Waals surface area contributed by atoms with Crippen molar-refractivity contribution < 1.29 is 22.8 Å². The van der Waals surface area contributed by atoms with E-state index in [9.17, 15) is 22.8 Å². The first kappa shape index (κ1) is 11.7. The summed E-state index contributed by atoms with van der Waals surface area (Å²) in [4.78, 5) is 21.0. The van der Waals surface area contributed by atoms with Crippen LogP contribution in [0.3, 0.4) is 0 Å². The molecule has 80 valence electrons. The lowest BCUT2D eigenvalue weighted by Gasteiger charge is -2.11. The minimum atomic E-state index is -4.68. The van der Waals surface area contributed by atoms with Crippen LogP contribution in [-0.4, -0.2) is 12.6 Å². The smallest absolute Gasteiger partial charge is 0.298 e. The molecule has 0 saturated carbocycles. The predicted molar refractivity (Wildman–Crippen MR) is 47.2 cm³/mol. The molecule has 0 amide bonds. The van der Waals surface area contributed by atoms with Crippen molar-refractivity contribution in [3.05, 3.63) is 33.8 Å². The minimum Gasteiger partial charge on any atom is -0.298 e. The van der Waals surface area contributed by atoms with E-state index in [1.165, 1.54) is 0 Å². The monoisotopic (exact) mass is 236 g/mol. The van der Waals surface area contributed by atoms with Crippen LogP contribution in [0.1, 0.15) is 26.3 Å². The lowest BCUT2D eigenvalue weighted by atomic mass is 10.0. The summed E-state index contributed by atoms with van der Waals surface area (Å²) < 4.78 is 37.1. The van der Waals surface area contributed by atoms with Crippen LogP contribution >= 0.6 is 11.6 Å². The van der Waals surface area contributed by atoms with Gasteiger partial charge in [0.05, 0.1) is 10.6 Å². The Bertz CT molecular complexity index is 413. The number of alkyl halides is 3. The molecular formula is C9H4ClF3O2. The van der Waals surface area contributed by atoms with Gasteiger partial charge in [-0.1, -0.05) is 11.6 Å². The average molecular weight is 237 g/mol. The maximum Gasteiger partial charge on any atom is 0.417 e. The van der Waals surface area contributed by atoms with Crippen molar-refractivity contribution in [2.45, 2.75) is 6.18 Å². The lowest BCUT2D eigenvalue weighted by molar-refractivity contribution is -0.137. The summed E-state index contributed by atoms with van der Waals surface area (Å²) >= 11 is 5.47. The third-order valence-electron chi connectivity index (χ3n) is 1.78. The van der Waals surface area contributed by atoms with Crippen LogP contribution in [0.4, 0.5) is 13.2 Å². The number of rotatable bonds is 2. The topological polar surface area (TPSA) is 34.1 Å². The Morgan fingerprint density at radius 1 is 1.07 bits per heavy atom. The second kappa shape index (κ2) is 4.02. The lowest BCUT2D eigenvalue weighted by Crippen LogP contribution is -2.11. The molecule has 0 radical (unpaired) electrons. The maximum atomic E-state index is 12.4. The van der Waals surface area contributed by atoms with Gasteiger partial charge in [-0.2, -0.15) is 13.2 Å². The van der Waals surface area contributed by atoms with Crippen LogP contribution in [0, 0.1) is 0 Å². The number of halogens is 4. The van der Waals surface area contributed by atoms with E-state index in [1.54, 1.807) is 0 Å². The van der Waals surface area contributed by atoms with E-state index < -0.39 is 22.9 Å². The Morgan fingerprint density at radius 3 is 2.00 bits per heavy atom. The molecule has 6 heteroatoms. The fourth-order valence-corrected chi connectivity index (χ4v) is 1.31. The first-order chi connectivity index (χ1) is 6.91. The van der Waals surface area contributed by atoms with Crippen molar-refractivity contribution in [3.63, 3.8) is 0 Å². The van der Waals surface area contributed by atoms with Gasteiger partial charge >= 0.3 is 6.18 Å². The molecule has 0 unspecified atom stereocenters. The van der Waals surface area contributed by atoms with Crippen molar-refractivity contribution in [2.75, 3.05) is 0 Å². The molecule has 0 fully saturated rings. The van der Waals surface area contributed by atoms with Crippen molar-refractivity contribution in [1.82, 2.24) is 0 Å². The zero-order valence-electron chi connectivity index (χ0n) is 7.14. The summed E-state index contributed by atoms with van der Waals surface area (Å²) in [5.74, 6) is 0. The standard InChI is InChI=1S/C9H4ClF3O2/c10-8-2-1-7(9(11,12)13)5(3-14)6(8)4-15/h1-4H. The molecule has 0 bridgehead atoms. The summed E-state index contributed by atoms with van der Waals surface area (Å²) in [6, 6.07) is 1.60. The number of aldehydes is 2. The molecule has 0 aliphatic carbocycles. The van der Waals surface area contributed by atoms with Crippen LogP contribution in [0.5, 0.6) is 0 Å². The highest BCUT2D eigenvalue weighted by atomic mass is 35.5. The van der Waals surface area contributed by atoms with Gasteiger partial charge in [0.15, 0.2) is 12.6 Å². The van der Waals surface area contributed by atoms with Crippen molar-refractivity contribution in [1.29, 1.82) is 0 Å². The molecule has 0 spiro atoms. The van der Waals surface area contributed by atoms with Crippen LogP contribution in [-0.2, 0) is 6.18 Å². The minimum absolute atomic E-state index is 0.0293. The molecular weight excluding hydrogens is 233 g/mol. The molecule has 2 nitrogen and oxygen atoms in total. The van der Waals surface area contributed by atoms with E-state index in [0.29, 0.717) is 6.07 Å². The van der Waals surface area contributed by atoms with Crippen LogP contribution < -0.4 is 0 Å². The number of hydrogen-bond donors (Lipinski definition) is 0. The average Bonchev–Trinajstić information content (AvgIpc) is 2.15. The molecule has 1 rings (SSSR count). The zero-order chi connectivity index (χ0) is 11.6. The Morgan fingerprint density at radius 2 is 1.60 bits per heavy atom. The van der Waals surface area contributed by atoms with Crippen molar-refractivity contribution in [3.8, 4) is 0 Å². The van der Waals surface area contributed by atoms with Crippen LogP contribution in [0.2, 0.25) is 5.02 Å². The SMILES string of the molecule is O=Cc1c(Cl)ccc(C(F)(F)F)c1C=O.